The van der Waals surface area contributed by atoms with Crippen molar-refractivity contribution in [3.05, 3.63) is 44.8 Å². The Morgan fingerprint density at radius 2 is 1.69 bits per heavy atom. The molecule has 1 saturated carbocycles. The summed E-state index contributed by atoms with van der Waals surface area (Å²) in [4.78, 5) is 25.6. The number of fused-ring (bicyclic) bond motifs is 5. The highest BCUT2D eigenvalue weighted by Gasteiger charge is 2.70. The molecule has 0 aromatic carbocycles. The number of hydrogen-bond acceptors (Lipinski definition) is 7. The number of carboxylic acids is 1. The second-order valence-electron chi connectivity index (χ2n) is 8.74. The number of hydrogen-bond donors (Lipinski definition) is 1. The lowest BCUT2D eigenvalue weighted by molar-refractivity contribution is -0.949. The summed E-state index contributed by atoms with van der Waals surface area (Å²) in [6, 6.07) is 7.46. The van der Waals surface area contributed by atoms with Crippen LogP contribution in [-0.4, -0.2) is 53.3 Å². The number of carbonyl (C=O) groups excluding carboxylic acids is 2. The molecule has 2 bridgehead atoms. The van der Waals surface area contributed by atoms with Crippen molar-refractivity contribution in [2.45, 2.75) is 43.1 Å². The van der Waals surface area contributed by atoms with E-state index in [2.05, 4.69) is 0 Å². The van der Waals surface area contributed by atoms with Gasteiger partial charge in [0.2, 0.25) is 5.60 Å². The minimum Gasteiger partial charge on any atom is -0.544 e. The van der Waals surface area contributed by atoms with Gasteiger partial charge in [-0.05, 0) is 29.3 Å². The second-order valence-corrected chi connectivity index (χ2v) is 10.6. The minimum absolute atomic E-state index is 0.0112. The topological polar surface area (TPSA) is 86.7 Å². The Morgan fingerprint density at radius 3 is 2.14 bits per heavy atom. The Labute approximate surface area is 176 Å². The number of aliphatic hydroxyl groups is 1. The predicted molar refractivity (Wildman–Crippen MR) is 106 cm³/mol. The summed E-state index contributed by atoms with van der Waals surface area (Å²) in [7, 11) is 2.00. The molecule has 2 aromatic rings. The third-order valence-electron chi connectivity index (χ3n) is 7.20. The number of thiophene rings is 2. The van der Waals surface area contributed by atoms with Gasteiger partial charge in [0, 0.05) is 24.7 Å². The number of likely N-dealkylation sites (N-methyl/N-ethyl adjacent to an activating group) is 1. The predicted octanol–water partition coefficient (Wildman–Crippen LogP) is 1.33. The quantitative estimate of drug-likeness (QED) is 0.549. The van der Waals surface area contributed by atoms with E-state index in [4.69, 9.17) is 4.74 Å². The number of aliphatic carboxylic acids is 1. The maximum atomic E-state index is 13.2. The first kappa shape index (κ1) is 19.2. The third-order valence-corrected chi connectivity index (χ3v) is 9.16. The van der Waals surface area contributed by atoms with Gasteiger partial charge in [-0.3, -0.25) is 0 Å². The van der Waals surface area contributed by atoms with Gasteiger partial charge in [0.1, 0.15) is 12.6 Å². The van der Waals surface area contributed by atoms with Crippen LogP contribution < -0.4 is 5.11 Å². The van der Waals surface area contributed by atoms with E-state index in [1.807, 2.05) is 29.9 Å². The normalized spacial score (nSPS) is 35.2. The monoisotopic (exact) mass is 433 g/mol. The highest BCUT2D eigenvalue weighted by Crippen LogP contribution is 2.61. The molecule has 3 aliphatic rings. The summed E-state index contributed by atoms with van der Waals surface area (Å²) in [5.41, 5.74) is -1.80. The Hall–Kier alpha value is -1.74. The number of ether oxygens (including phenoxy) is 1. The fourth-order valence-corrected chi connectivity index (χ4v) is 7.56. The minimum atomic E-state index is -1.80. The summed E-state index contributed by atoms with van der Waals surface area (Å²) in [6.45, 7) is 0.0112. The van der Waals surface area contributed by atoms with Crippen LogP contribution in [0.2, 0.25) is 0 Å². The number of piperidine rings is 2. The van der Waals surface area contributed by atoms with Gasteiger partial charge in [-0.1, -0.05) is 12.1 Å². The van der Waals surface area contributed by atoms with E-state index < -0.39 is 17.5 Å². The molecule has 2 unspecified atom stereocenters. The average molecular weight is 434 g/mol. The summed E-state index contributed by atoms with van der Waals surface area (Å²) in [5, 5.41) is 26.4. The molecule has 0 radical (unpaired) electrons. The fourth-order valence-electron chi connectivity index (χ4n) is 5.84. The number of quaternary nitrogens is 1. The molecule has 29 heavy (non-hydrogen) atoms. The van der Waals surface area contributed by atoms with Crippen molar-refractivity contribution < 1.29 is 29.0 Å². The van der Waals surface area contributed by atoms with Crippen LogP contribution in [0.25, 0.3) is 0 Å². The van der Waals surface area contributed by atoms with Gasteiger partial charge < -0.3 is 24.2 Å². The summed E-state index contributed by atoms with van der Waals surface area (Å²) in [5.74, 6) is -0.636. The second kappa shape index (κ2) is 6.63. The smallest absolute Gasteiger partial charge is 0.349 e. The molecule has 4 heterocycles. The number of esters is 1. The number of nitrogens with zero attached hydrogens (tertiary/aromatic N) is 1. The van der Waals surface area contributed by atoms with Crippen LogP contribution in [0, 0.1) is 11.8 Å². The van der Waals surface area contributed by atoms with Crippen LogP contribution in [0.3, 0.4) is 0 Å². The largest absolute Gasteiger partial charge is 0.544 e. The zero-order valence-corrected chi connectivity index (χ0v) is 17.7. The first-order valence-corrected chi connectivity index (χ1v) is 11.7. The standard InChI is InChI=1S/C21H23NO5S2/c1-22(11-19(23)24)15-8-12(9-16(22)14-10-13(14)15)27-20(25)21(26,17-4-2-6-28-17)18-5-3-7-29-18/h2-7,12-16,26H,8-11H2,1H3/t12?,13-,14+,15-,16+,22?. The van der Waals surface area contributed by atoms with E-state index in [1.165, 1.54) is 22.7 Å². The average Bonchev–Trinajstić information content (AvgIpc) is 3.03. The van der Waals surface area contributed by atoms with E-state index in [0.29, 0.717) is 38.9 Å². The van der Waals surface area contributed by atoms with Crippen molar-refractivity contribution in [2.75, 3.05) is 13.6 Å². The molecular formula is C21H23NO5S2. The van der Waals surface area contributed by atoms with Gasteiger partial charge in [0.05, 0.1) is 34.9 Å². The third kappa shape index (κ3) is 2.88. The molecule has 1 aliphatic carbocycles. The van der Waals surface area contributed by atoms with Crippen LogP contribution in [0.4, 0.5) is 0 Å². The first-order valence-electron chi connectivity index (χ1n) is 9.90. The van der Waals surface area contributed by atoms with Gasteiger partial charge in [-0.2, -0.15) is 0 Å². The van der Waals surface area contributed by atoms with E-state index in [-0.39, 0.29) is 24.7 Å². The van der Waals surface area contributed by atoms with Gasteiger partial charge >= 0.3 is 5.97 Å². The highest BCUT2D eigenvalue weighted by molar-refractivity contribution is 7.12. The maximum absolute atomic E-state index is 13.2. The van der Waals surface area contributed by atoms with Crippen LogP contribution in [0.1, 0.15) is 29.0 Å². The molecule has 6 nitrogen and oxygen atoms in total. The first-order chi connectivity index (χ1) is 13.8. The molecular weight excluding hydrogens is 410 g/mol. The van der Waals surface area contributed by atoms with Crippen molar-refractivity contribution in [1.29, 1.82) is 0 Å². The van der Waals surface area contributed by atoms with Crippen LogP contribution >= 0.6 is 22.7 Å². The Morgan fingerprint density at radius 1 is 1.14 bits per heavy atom. The van der Waals surface area contributed by atoms with Crippen molar-refractivity contribution in [3.63, 3.8) is 0 Å². The van der Waals surface area contributed by atoms with E-state index in [0.717, 1.165) is 6.42 Å². The van der Waals surface area contributed by atoms with E-state index in [9.17, 15) is 19.8 Å². The molecule has 1 N–H and O–H groups in total. The Balaban J connectivity index is 1.37. The molecule has 8 heteroatoms. The van der Waals surface area contributed by atoms with Crippen molar-refractivity contribution >= 4 is 34.6 Å². The lowest BCUT2D eigenvalue weighted by Gasteiger charge is -2.49. The van der Waals surface area contributed by atoms with E-state index in [1.54, 1.807) is 12.1 Å². The van der Waals surface area contributed by atoms with E-state index >= 15 is 0 Å². The van der Waals surface area contributed by atoms with Crippen LogP contribution in [-0.2, 0) is 19.9 Å². The number of carboxylic acid groups (broad SMARTS) is 1. The lowest BCUT2D eigenvalue weighted by Crippen LogP contribution is -2.64. The van der Waals surface area contributed by atoms with Gasteiger partial charge in [-0.15, -0.1) is 22.7 Å². The molecule has 2 saturated heterocycles. The zero-order valence-electron chi connectivity index (χ0n) is 16.0. The summed E-state index contributed by atoms with van der Waals surface area (Å²) < 4.78 is 6.40. The summed E-state index contributed by atoms with van der Waals surface area (Å²) >= 11 is 2.65. The SMILES string of the molecule is C[N+]1(CC(=O)[O-])[C@@H]2CC(OC(=O)C(O)(c3cccs3)c3cccs3)C[C@H]1[C@H]1C[C@H]12. The Kier molecular flexibility index (Phi) is 4.40. The van der Waals surface area contributed by atoms with Crippen molar-refractivity contribution in [1.82, 2.24) is 0 Å². The van der Waals surface area contributed by atoms with Crippen molar-refractivity contribution in [3.8, 4) is 0 Å². The maximum Gasteiger partial charge on any atom is 0.349 e. The van der Waals surface area contributed by atoms with Gasteiger partial charge in [-0.25, -0.2) is 4.79 Å². The highest BCUT2D eigenvalue weighted by atomic mass is 32.1. The molecule has 2 aliphatic heterocycles. The van der Waals surface area contributed by atoms with Gasteiger partial charge in [0.25, 0.3) is 0 Å². The lowest BCUT2D eigenvalue weighted by atomic mass is 9.91. The van der Waals surface area contributed by atoms with Crippen LogP contribution in [0.15, 0.2) is 35.0 Å². The number of carbonyl (C=O) groups is 2. The van der Waals surface area contributed by atoms with Gasteiger partial charge in [0.15, 0.2) is 0 Å². The molecule has 2 aromatic heterocycles. The zero-order chi connectivity index (χ0) is 20.4. The molecule has 154 valence electrons. The molecule has 5 rings (SSSR count). The summed E-state index contributed by atoms with van der Waals surface area (Å²) in [6.07, 6.45) is 2.12. The molecule has 0 spiro atoms. The molecule has 3 fully saturated rings. The number of rotatable bonds is 6. The van der Waals surface area contributed by atoms with Crippen molar-refractivity contribution in [2.24, 2.45) is 11.8 Å². The van der Waals surface area contributed by atoms with Crippen LogP contribution in [0.5, 0.6) is 0 Å². The fraction of sp³-hybridized carbons (Fsp3) is 0.524. The Bertz CT molecular complexity index is 873. The molecule has 0 amide bonds. The molecule has 6 atom stereocenters.